The molecular formula is C13H14BrFN2O3. The first kappa shape index (κ1) is 14.8. The van der Waals surface area contributed by atoms with Gasteiger partial charge in [0.1, 0.15) is 5.82 Å². The van der Waals surface area contributed by atoms with Crippen LogP contribution in [0.2, 0.25) is 0 Å². The van der Waals surface area contributed by atoms with E-state index in [2.05, 4.69) is 21.2 Å². The summed E-state index contributed by atoms with van der Waals surface area (Å²) in [7, 11) is 0. The number of benzene rings is 1. The molecule has 20 heavy (non-hydrogen) atoms. The van der Waals surface area contributed by atoms with Crippen molar-refractivity contribution in [3.63, 3.8) is 0 Å². The number of hydrogen-bond donors (Lipinski definition) is 2. The van der Waals surface area contributed by atoms with Crippen LogP contribution in [-0.2, 0) is 4.79 Å². The second-order valence-corrected chi connectivity index (χ2v) is 5.56. The number of likely N-dealkylation sites (tertiary alicyclic amines) is 1. The lowest BCUT2D eigenvalue weighted by atomic mass is 10.1. The van der Waals surface area contributed by atoms with Crippen LogP contribution >= 0.6 is 15.9 Å². The van der Waals surface area contributed by atoms with Gasteiger partial charge in [-0.25, -0.2) is 9.18 Å². The molecule has 1 fully saturated rings. The summed E-state index contributed by atoms with van der Waals surface area (Å²) in [5, 5.41) is 11.3. The topological polar surface area (TPSA) is 69.6 Å². The predicted octanol–water partition coefficient (Wildman–Crippen LogP) is 3.06. The Morgan fingerprint density at radius 1 is 1.50 bits per heavy atom. The van der Waals surface area contributed by atoms with Crippen LogP contribution in [0.3, 0.4) is 0 Å². The number of halogens is 2. The van der Waals surface area contributed by atoms with Gasteiger partial charge < -0.3 is 15.3 Å². The molecule has 5 nitrogen and oxygen atoms in total. The number of aliphatic carboxylic acids is 1. The summed E-state index contributed by atoms with van der Waals surface area (Å²) >= 11 is 3.14. The van der Waals surface area contributed by atoms with Gasteiger partial charge in [0, 0.05) is 17.1 Å². The van der Waals surface area contributed by atoms with Crippen molar-refractivity contribution >= 4 is 33.6 Å². The average molecular weight is 345 g/mol. The van der Waals surface area contributed by atoms with E-state index in [1.807, 2.05) is 0 Å². The molecule has 0 radical (unpaired) electrons. The summed E-state index contributed by atoms with van der Waals surface area (Å²) in [5.74, 6) is -1.48. The van der Waals surface area contributed by atoms with Gasteiger partial charge in [-0.15, -0.1) is 0 Å². The molecule has 0 saturated carbocycles. The quantitative estimate of drug-likeness (QED) is 0.885. The second kappa shape index (κ2) is 6.21. The highest BCUT2D eigenvalue weighted by atomic mass is 79.9. The molecule has 0 spiro atoms. The Balaban J connectivity index is 2.05. The molecule has 1 aromatic carbocycles. The lowest BCUT2D eigenvalue weighted by molar-refractivity contribution is -0.137. The minimum Gasteiger partial charge on any atom is -0.481 e. The Morgan fingerprint density at radius 2 is 2.25 bits per heavy atom. The number of carbonyl (C=O) groups is 2. The molecule has 2 N–H and O–H groups in total. The van der Waals surface area contributed by atoms with E-state index in [0.29, 0.717) is 17.4 Å². The van der Waals surface area contributed by atoms with Gasteiger partial charge in [0.2, 0.25) is 0 Å². The Kier molecular flexibility index (Phi) is 4.59. The number of hydrogen-bond acceptors (Lipinski definition) is 2. The fourth-order valence-electron chi connectivity index (χ4n) is 2.29. The van der Waals surface area contributed by atoms with Gasteiger partial charge in [-0.1, -0.05) is 15.9 Å². The summed E-state index contributed by atoms with van der Waals surface area (Å²) in [5.41, 5.74) is 0.0826. The van der Waals surface area contributed by atoms with E-state index >= 15 is 0 Å². The number of urea groups is 1. The smallest absolute Gasteiger partial charge is 0.322 e. The monoisotopic (exact) mass is 344 g/mol. The second-order valence-electron chi connectivity index (χ2n) is 4.64. The predicted molar refractivity (Wildman–Crippen MR) is 75.1 cm³/mol. The van der Waals surface area contributed by atoms with Gasteiger partial charge in [-0.05, 0) is 31.0 Å². The van der Waals surface area contributed by atoms with E-state index in [1.165, 1.54) is 17.0 Å². The zero-order valence-corrected chi connectivity index (χ0v) is 12.2. The van der Waals surface area contributed by atoms with Crippen LogP contribution < -0.4 is 5.32 Å². The molecule has 1 heterocycles. The van der Waals surface area contributed by atoms with Crippen molar-refractivity contribution in [2.24, 2.45) is 0 Å². The highest BCUT2D eigenvalue weighted by molar-refractivity contribution is 9.10. The molecule has 1 aromatic rings. The fourth-order valence-corrected chi connectivity index (χ4v) is 2.63. The number of rotatable bonds is 3. The third-order valence-electron chi connectivity index (χ3n) is 3.22. The van der Waals surface area contributed by atoms with Gasteiger partial charge >= 0.3 is 12.0 Å². The molecule has 0 aromatic heterocycles. The molecule has 1 unspecified atom stereocenters. The number of anilines is 1. The normalized spacial score (nSPS) is 18.1. The van der Waals surface area contributed by atoms with E-state index in [4.69, 9.17) is 5.11 Å². The molecule has 1 atom stereocenters. The van der Waals surface area contributed by atoms with Crippen LogP contribution in [0.5, 0.6) is 0 Å². The minimum absolute atomic E-state index is 0.0826. The maximum Gasteiger partial charge on any atom is 0.322 e. The molecule has 0 bridgehead atoms. The van der Waals surface area contributed by atoms with Crippen LogP contribution in [0, 0.1) is 5.82 Å². The Morgan fingerprint density at radius 3 is 2.90 bits per heavy atom. The first-order valence-corrected chi connectivity index (χ1v) is 7.01. The summed E-state index contributed by atoms with van der Waals surface area (Å²) < 4.78 is 14.2. The van der Waals surface area contributed by atoms with Crippen LogP contribution in [-0.4, -0.2) is 34.6 Å². The largest absolute Gasteiger partial charge is 0.481 e. The summed E-state index contributed by atoms with van der Waals surface area (Å²) in [6.45, 7) is 0.488. The van der Waals surface area contributed by atoms with Crippen LogP contribution in [0.25, 0.3) is 0 Å². The number of carboxylic acid groups (broad SMARTS) is 1. The fraction of sp³-hybridized carbons (Fsp3) is 0.385. The maximum atomic E-state index is 13.6. The third kappa shape index (κ3) is 3.47. The number of carboxylic acids is 1. The van der Waals surface area contributed by atoms with E-state index < -0.39 is 17.8 Å². The van der Waals surface area contributed by atoms with Crippen molar-refractivity contribution in [2.45, 2.75) is 25.3 Å². The molecule has 7 heteroatoms. The van der Waals surface area contributed by atoms with E-state index in [1.54, 1.807) is 6.07 Å². The van der Waals surface area contributed by atoms with E-state index in [0.717, 1.165) is 6.42 Å². The van der Waals surface area contributed by atoms with Crippen molar-refractivity contribution in [2.75, 3.05) is 11.9 Å². The molecule has 1 aliphatic rings. The maximum absolute atomic E-state index is 13.6. The van der Waals surface area contributed by atoms with Crippen molar-refractivity contribution in [3.8, 4) is 0 Å². The van der Waals surface area contributed by atoms with Gasteiger partial charge in [0.25, 0.3) is 0 Å². The standard InChI is InChI=1S/C13H14BrFN2O3/c14-8-3-4-11(10(15)6-8)16-13(20)17-5-1-2-9(17)7-12(18)19/h3-4,6,9H,1-2,5,7H2,(H,16,20)(H,18,19). The number of carbonyl (C=O) groups excluding carboxylic acids is 1. The summed E-state index contributed by atoms with van der Waals surface area (Å²) in [6, 6.07) is 3.55. The lowest BCUT2D eigenvalue weighted by Gasteiger charge is -2.23. The number of nitrogens with zero attached hydrogens (tertiary/aromatic N) is 1. The van der Waals surface area contributed by atoms with Crippen molar-refractivity contribution < 1.29 is 19.1 Å². The minimum atomic E-state index is -0.940. The van der Waals surface area contributed by atoms with Crippen molar-refractivity contribution in [1.29, 1.82) is 0 Å². The Labute approximate surface area is 123 Å². The highest BCUT2D eigenvalue weighted by Crippen LogP contribution is 2.23. The molecule has 2 rings (SSSR count). The molecular weight excluding hydrogens is 331 g/mol. The van der Waals surface area contributed by atoms with Crippen LogP contribution in [0.15, 0.2) is 22.7 Å². The first-order chi connectivity index (χ1) is 9.47. The van der Waals surface area contributed by atoms with Gasteiger partial charge in [-0.2, -0.15) is 0 Å². The zero-order chi connectivity index (χ0) is 14.7. The Hall–Kier alpha value is -1.63. The first-order valence-electron chi connectivity index (χ1n) is 6.22. The van der Waals surface area contributed by atoms with Crippen molar-refractivity contribution in [3.05, 3.63) is 28.5 Å². The van der Waals surface area contributed by atoms with Crippen LogP contribution in [0.1, 0.15) is 19.3 Å². The SMILES string of the molecule is O=C(O)CC1CCCN1C(=O)Nc1ccc(Br)cc1F. The number of nitrogens with one attached hydrogen (secondary N) is 1. The summed E-state index contributed by atoms with van der Waals surface area (Å²) in [4.78, 5) is 24.3. The molecule has 108 valence electrons. The molecule has 1 saturated heterocycles. The molecule has 1 aliphatic heterocycles. The van der Waals surface area contributed by atoms with E-state index in [-0.39, 0.29) is 18.2 Å². The highest BCUT2D eigenvalue weighted by Gasteiger charge is 2.30. The van der Waals surface area contributed by atoms with Crippen molar-refractivity contribution in [1.82, 2.24) is 4.90 Å². The van der Waals surface area contributed by atoms with Gasteiger partial charge in [0.15, 0.2) is 0 Å². The Bertz CT molecular complexity index is 538. The molecule has 2 amide bonds. The molecule has 0 aliphatic carbocycles. The van der Waals surface area contributed by atoms with Gasteiger partial charge in [-0.3, -0.25) is 4.79 Å². The average Bonchev–Trinajstić information content (AvgIpc) is 2.80. The number of amides is 2. The lowest BCUT2D eigenvalue weighted by Crippen LogP contribution is -2.39. The van der Waals surface area contributed by atoms with Crippen LogP contribution in [0.4, 0.5) is 14.9 Å². The third-order valence-corrected chi connectivity index (χ3v) is 3.71. The summed E-state index contributed by atoms with van der Waals surface area (Å²) in [6.07, 6.45) is 1.33. The van der Waals surface area contributed by atoms with Gasteiger partial charge in [0.05, 0.1) is 12.1 Å². The zero-order valence-electron chi connectivity index (χ0n) is 10.6. The van der Waals surface area contributed by atoms with E-state index in [9.17, 15) is 14.0 Å².